The smallest absolute Gasteiger partial charge is 0.416 e. The van der Waals surface area contributed by atoms with Crippen molar-refractivity contribution in [2.75, 3.05) is 0 Å². The van der Waals surface area contributed by atoms with Crippen LogP contribution in [0.5, 0.6) is 23.0 Å². The third-order valence-corrected chi connectivity index (χ3v) is 3.71. The Morgan fingerprint density at radius 1 is 0.821 bits per heavy atom. The van der Waals surface area contributed by atoms with Gasteiger partial charge in [-0.1, -0.05) is 12.1 Å². The summed E-state index contributed by atoms with van der Waals surface area (Å²) in [5.74, 6) is 2.24. The summed E-state index contributed by atoms with van der Waals surface area (Å²) in [6.07, 6.45) is -4.42. The monoisotopic (exact) mass is 380 g/mol. The molecule has 0 saturated heterocycles. The normalized spacial score (nSPS) is 10.9. The van der Waals surface area contributed by atoms with E-state index in [1.54, 1.807) is 0 Å². The summed E-state index contributed by atoms with van der Waals surface area (Å²) in [5.41, 5.74) is -0.608. The molecule has 4 nitrogen and oxygen atoms in total. The van der Waals surface area contributed by atoms with Crippen LogP contribution in [0.15, 0.2) is 66.7 Å². The van der Waals surface area contributed by atoms with Gasteiger partial charge in [-0.2, -0.15) is 23.7 Å². The summed E-state index contributed by atoms with van der Waals surface area (Å²) >= 11 is 0. The SMILES string of the molecule is N#Cc1cccc(Oc2ccc(C(F)(F)F)cc2)c1C#N.c1cc2cc(c1)O2. The maximum Gasteiger partial charge on any atom is 0.416 e. The van der Waals surface area contributed by atoms with E-state index in [0.29, 0.717) is 0 Å². The Labute approximate surface area is 158 Å². The third-order valence-electron chi connectivity index (χ3n) is 3.71. The Morgan fingerprint density at radius 3 is 1.86 bits per heavy atom. The first-order valence-electron chi connectivity index (χ1n) is 7.97. The van der Waals surface area contributed by atoms with E-state index >= 15 is 0 Å². The van der Waals surface area contributed by atoms with Gasteiger partial charge in [-0.25, -0.2) is 0 Å². The molecule has 0 aromatic heterocycles. The van der Waals surface area contributed by atoms with Crippen LogP contribution in [-0.2, 0) is 6.18 Å². The van der Waals surface area contributed by atoms with E-state index in [0.717, 1.165) is 35.8 Å². The van der Waals surface area contributed by atoms with Gasteiger partial charge >= 0.3 is 6.18 Å². The molecule has 138 valence electrons. The van der Waals surface area contributed by atoms with Crippen molar-refractivity contribution in [2.24, 2.45) is 0 Å². The highest BCUT2D eigenvalue weighted by Gasteiger charge is 2.30. The molecule has 0 radical (unpaired) electrons. The number of fused-ring (bicyclic) bond motifs is 2. The Balaban J connectivity index is 0.000000264. The topological polar surface area (TPSA) is 66.0 Å². The van der Waals surface area contributed by atoms with Crippen molar-refractivity contribution in [3.05, 3.63) is 83.4 Å². The zero-order chi connectivity index (χ0) is 20.1. The van der Waals surface area contributed by atoms with Gasteiger partial charge in [0.1, 0.15) is 40.7 Å². The lowest BCUT2D eigenvalue weighted by molar-refractivity contribution is -0.137. The van der Waals surface area contributed by atoms with Gasteiger partial charge in [-0.3, -0.25) is 0 Å². The fourth-order valence-corrected chi connectivity index (χ4v) is 2.34. The van der Waals surface area contributed by atoms with Crippen molar-refractivity contribution in [3.63, 3.8) is 0 Å². The highest BCUT2D eigenvalue weighted by atomic mass is 19.4. The van der Waals surface area contributed by atoms with Gasteiger partial charge in [0.15, 0.2) is 0 Å². The lowest BCUT2D eigenvalue weighted by atomic mass is 10.1. The van der Waals surface area contributed by atoms with Crippen LogP contribution in [0.25, 0.3) is 0 Å². The van der Waals surface area contributed by atoms with E-state index in [1.165, 1.54) is 18.2 Å². The zero-order valence-corrected chi connectivity index (χ0v) is 14.2. The number of ether oxygens (including phenoxy) is 2. The van der Waals surface area contributed by atoms with Crippen LogP contribution in [0, 0.1) is 22.7 Å². The molecule has 0 N–H and O–H groups in total. The van der Waals surface area contributed by atoms with E-state index in [9.17, 15) is 13.2 Å². The van der Waals surface area contributed by atoms with Crippen molar-refractivity contribution < 1.29 is 22.6 Å². The standard InChI is InChI=1S/C15H7F3N2O.C6H4O/c16-15(17,18)11-4-6-12(7-5-11)21-14-3-1-2-10(8-19)13(14)9-20;1-2-5-4-6(3-1)7-5/h1-7H;1-4H. The molecule has 3 aromatic carbocycles. The van der Waals surface area contributed by atoms with Crippen LogP contribution in [0.3, 0.4) is 0 Å². The lowest BCUT2D eigenvalue weighted by Crippen LogP contribution is -2.04. The molecule has 0 saturated carbocycles. The molecule has 0 atom stereocenters. The van der Waals surface area contributed by atoms with Crippen molar-refractivity contribution in [1.29, 1.82) is 10.5 Å². The summed E-state index contributed by atoms with van der Waals surface area (Å²) in [7, 11) is 0. The van der Waals surface area contributed by atoms with Crippen molar-refractivity contribution >= 4 is 0 Å². The fraction of sp³-hybridized carbons (Fsp3) is 0.0476. The summed E-state index contributed by atoms with van der Waals surface area (Å²) in [4.78, 5) is 0. The van der Waals surface area contributed by atoms with Gasteiger partial charge in [0, 0.05) is 6.07 Å². The first-order valence-corrected chi connectivity index (χ1v) is 7.97. The number of benzene rings is 3. The van der Waals surface area contributed by atoms with E-state index < -0.39 is 11.7 Å². The molecule has 2 aliphatic rings. The molecule has 3 aromatic rings. The second kappa shape index (κ2) is 7.73. The first kappa shape index (κ1) is 18.8. The molecule has 5 rings (SSSR count). The van der Waals surface area contributed by atoms with Crippen LogP contribution in [-0.4, -0.2) is 0 Å². The predicted octanol–water partition coefficient (Wildman–Crippen LogP) is 6.03. The lowest BCUT2D eigenvalue weighted by Gasteiger charge is -2.13. The Hall–Kier alpha value is -3.97. The fourth-order valence-electron chi connectivity index (χ4n) is 2.34. The minimum Gasteiger partial charge on any atom is -0.457 e. The Bertz CT molecular complexity index is 1050. The average molecular weight is 380 g/mol. The first-order chi connectivity index (χ1) is 13.4. The summed E-state index contributed by atoms with van der Waals surface area (Å²) in [6.45, 7) is 0. The molecule has 0 unspecified atom stereocenters. The van der Waals surface area contributed by atoms with Crippen molar-refractivity contribution in [3.8, 4) is 35.1 Å². The van der Waals surface area contributed by atoms with Crippen molar-refractivity contribution in [2.45, 2.75) is 6.18 Å². The second-order valence-corrected chi connectivity index (χ2v) is 5.60. The van der Waals surface area contributed by atoms with Crippen LogP contribution in [0.2, 0.25) is 0 Å². The van der Waals surface area contributed by atoms with Gasteiger partial charge in [-0.15, -0.1) is 0 Å². The van der Waals surface area contributed by atoms with Crippen LogP contribution >= 0.6 is 0 Å². The largest absolute Gasteiger partial charge is 0.457 e. The second-order valence-electron chi connectivity index (χ2n) is 5.60. The van der Waals surface area contributed by atoms with Gasteiger partial charge in [-0.05, 0) is 48.5 Å². The van der Waals surface area contributed by atoms with Gasteiger partial charge in [0.25, 0.3) is 0 Å². The summed E-state index contributed by atoms with van der Waals surface area (Å²) in [6, 6.07) is 20.1. The highest BCUT2D eigenvalue weighted by Crippen LogP contribution is 2.33. The van der Waals surface area contributed by atoms with E-state index in [4.69, 9.17) is 20.0 Å². The molecule has 2 aliphatic heterocycles. The Morgan fingerprint density at radius 2 is 1.43 bits per heavy atom. The van der Waals surface area contributed by atoms with Gasteiger partial charge in [0.2, 0.25) is 0 Å². The van der Waals surface area contributed by atoms with Gasteiger partial charge in [0.05, 0.1) is 11.1 Å². The van der Waals surface area contributed by atoms with Crippen LogP contribution in [0.4, 0.5) is 13.2 Å². The quantitative estimate of drug-likeness (QED) is 0.426. The summed E-state index contributed by atoms with van der Waals surface area (Å²) in [5, 5.41) is 17.9. The minimum atomic E-state index is -4.42. The molecule has 2 heterocycles. The molecule has 0 amide bonds. The highest BCUT2D eigenvalue weighted by molar-refractivity contribution is 5.55. The molecule has 28 heavy (non-hydrogen) atoms. The number of nitrogens with zero attached hydrogens (tertiary/aromatic N) is 2. The number of rotatable bonds is 2. The number of halogens is 3. The number of hydrogen-bond donors (Lipinski definition) is 0. The molecular formula is C21H11F3N2O2. The molecule has 0 aliphatic carbocycles. The maximum atomic E-state index is 12.4. The molecule has 0 fully saturated rings. The van der Waals surface area contributed by atoms with Gasteiger partial charge < -0.3 is 9.47 Å². The third kappa shape index (κ3) is 4.22. The molecular weight excluding hydrogens is 369 g/mol. The zero-order valence-electron chi connectivity index (χ0n) is 14.2. The number of hydrogen-bond acceptors (Lipinski definition) is 4. The number of nitriles is 2. The predicted molar refractivity (Wildman–Crippen MR) is 93.9 cm³/mol. The number of alkyl halides is 3. The maximum absolute atomic E-state index is 12.4. The van der Waals surface area contributed by atoms with Crippen molar-refractivity contribution in [1.82, 2.24) is 0 Å². The molecule has 2 bridgehead atoms. The minimum absolute atomic E-state index is 0.0416. The van der Waals surface area contributed by atoms with E-state index in [1.807, 2.05) is 36.4 Å². The Kier molecular flexibility index (Phi) is 5.19. The summed E-state index contributed by atoms with van der Waals surface area (Å²) < 4.78 is 47.7. The van der Waals surface area contributed by atoms with Crippen LogP contribution < -0.4 is 9.47 Å². The average Bonchev–Trinajstić information content (AvgIpc) is 2.68. The molecule has 0 spiro atoms. The van der Waals surface area contributed by atoms with E-state index in [-0.39, 0.29) is 22.6 Å². The van der Waals surface area contributed by atoms with E-state index in [2.05, 4.69) is 0 Å². The molecule has 7 heteroatoms. The van der Waals surface area contributed by atoms with Crippen LogP contribution in [0.1, 0.15) is 16.7 Å².